The SMILES string of the molecule is NC(=O)c1ccccc1NC(=O)CCc1csc(NC(=O)Nc2cccc(Cl)c2)n1. The molecule has 0 saturated heterocycles. The van der Waals surface area contributed by atoms with Gasteiger partial charge in [-0.25, -0.2) is 9.78 Å². The van der Waals surface area contributed by atoms with E-state index in [1.54, 1.807) is 53.9 Å². The van der Waals surface area contributed by atoms with Gasteiger partial charge in [0, 0.05) is 22.5 Å². The molecule has 0 saturated carbocycles. The van der Waals surface area contributed by atoms with Gasteiger partial charge in [0.15, 0.2) is 5.13 Å². The maximum absolute atomic E-state index is 12.2. The van der Waals surface area contributed by atoms with Gasteiger partial charge in [-0.15, -0.1) is 11.3 Å². The molecule has 0 unspecified atom stereocenters. The van der Waals surface area contributed by atoms with E-state index >= 15 is 0 Å². The Balaban J connectivity index is 1.50. The van der Waals surface area contributed by atoms with Crippen molar-refractivity contribution in [1.82, 2.24) is 4.98 Å². The molecule has 0 aliphatic heterocycles. The van der Waals surface area contributed by atoms with Gasteiger partial charge >= 0.3 is 6.03 Å². The second kappa shape index (κ2) is 9.86. The van der Waals surface area contributed by atoms with Crippen LogP contribution in [-0.2, 0) is 11.2 Å². The Hall–Kier alpha value is -3.43. The van der Waals surface area contributed by atoms with E-state index in [4.69, 9.17) is 17.3 Å². The van der Waals surface area contributed by atoms with E-state index in [0.29, 0.717) is 33.6 Å². The van der Waals surface area contributed by atoms with Gasteiger partial charge in [0.2, 0.25) is 5.91 Å². The average molecular weight is 444 g/mol. The molecule has 1 heterocycles. The minimum atomic E-state index is -0.614. The number of nitrogens with one attached hydrogen (secondary N) is 3. The summed E-state index contributed by atoms with van der Waals surface area (Å²) in [5.74, 6) is -0.887. The minimum absolute atomic E-state index is 0.158. The van der Waals surface area contributed by atoms with Gasteiger partial charge in [0.05, 0.1) is 16.9 Å². The molecule has 4 amide bonds. The third-order valence-corrected chi connectivity index (χ3v) is 4.97. The maximum Gasteiger partial charge on any atom is 0.325 e. The third kappa shape index (κ3) is 6.03. The van der Waals surface area contributed by atoms with Gasteiger partial charge in [0.25, 0.3) is 5.91 Å². The number of hydrogen-bond acceptors (Lipinski definition) is 5. The number of hydrogen-bond donors (Lipinski definition) is 4. The highest BCUT2D eigenvalue weighted by atomic mass is 35.5. The van der Waals surface area contributed by atoms with E-state index in [2.05, 4.69) is 20.9 Å². The zero-order valence-electron chi connectivity index (χ0n) is 15.6. The lowest BCUT2D eigenvalue weighted by Gasteiger charge is -2.08. The van der Waals surface area contributed by atoms with Gasteiger partial charge < -0.3 is 16.4 Å². The van der Waals surface area contributed by atoms with Crippen LogP contribution >= 0.6 is 22.9 Å². The number of thiazole rings is 1. The van der Waals surface area contributed by atoms with Crippen LogP contribution < -0.4 is 21.7 Å². The van der Waals surface area contributed by atoms with Crippen LogP contribution in [0.5, 0.6) is 0 Å². The molecule has 5 N–H and O–H groups in total. The van der Waals surface area contributed by atoms with Crippen LogP contribution in [0.2, 0.25) is 5.02 Å². The second-order valence-corrected chi connectivity index (χ2v) is 7.49. The zero-order valence-corrected chi connectivity index (χ0v) is 17.2. The van der Waals surface area contributed by atoms with E-state index in [0.717, 1.165) is 0 Å². The summed E-state index contributed by atoms with van der Waals surface area (Å²) in [6.45, 7) is 0. The minimum Gasteiger partial charge on any atom is -0.366 e. The maximum atomic E-state index is 12.2. The van der Waals surface area contributed by atoms with Crippen LogP contribution in [0, 0.1) is 0 Å². The van der Waals surface area contributed by atoms with E-state index in [-0.39, 0.29) is 17.9 Å². The van der Waals surface area contributed by atoms with Crippen molar-refractivity contribution >= 4 is 57.3 Å². The molecule has 3 rings (SSSR count). The van der Waals surface area contributed by atoms with Crippen molar-refractivity contribution in [2.24, 2.45) is 5.73 Å². The topological polar surface area (TPSA) is 126 Å². The number of anilines is 3. The molecule has 30 heavy (non-hydrogen) atoms. The van der Waals surface area contributed by atoms with Crippen molar-refractivity contribution in [3.05, 3.63) is 70.2 Å². The van der Waals surface area contributed by atoms with Gasteiger partial charge in [-0.3, -0.25) is 14.9 Å². The number of amides is 4. The summed E-state index contributed by atoms with van der Waals surface area (Å²) >= 11 is 7.14. The molecule has 1 aromatic heterocycles. The number of para-hydroxylation sites is 1. The van der Waals surface area contributed by atoms with Gasteiger partial charge in [-0.1, -0.05) is 29.8 Å². The first-order chi connectivity index (χ1) is 14.4. The second-order valence-electron chi connectivity index (χ2n) is 6.19. The van der Waals surface area contributed by atoms with Crippen molar-refractivity contribution in [2.45, 2.75) is 12.8 Å². The van der Waals surface area contributed by atoms with Crippen LogP contribution in [0.15, 0.2) is 53.9 Å². The summed E-state index contributed by atoms with van der Waals surface area (Å²) in [4.78, 5) is 40.0. The number of rotatable bonds is 7. The lowest BCUT2D eigenvalue weighted by atomic mass is 10.1. The third-order valence-electron chi connectivity index (χ3n) is 3.93. The Morgan fingerprint density at radius 2 is 1.83 bits per heavy atom. The van der Waals surface area contributed by atoms with Crippen LogP contribution in [0.1, 0.15) is 22.5 Å². The molecule has 154 valence electrons. The fourth-order valence-corrected chi connectivity index (χ4v) is 3.50. The summed E-state index contributed by atoms with van der Waals surface area (Å²) in [5, 5.41) is 10.7. The van der Waals surface area contributed by atoms with Gasteiger partial charge in [-0.05, 0) is 36.8 Å². The molecule has 0 fully saturated rings. The summed E-state index contributed by atoms with van der Waals surface area (Å²) in [6, 6.07) is 12.9. The fourth-order valence-electron chi connectivity index (χ4n) is 2.57. The lowest BCUT2D eigenvalue weighted by molar-refractivity contribution is -0.116. The van der Waals surface area contributed by atoms with Crippen molar-refractivity contribution < 1.29 is 14.4 Å². The predicted octanol–water partition coefficient (Wildman–Crippen LogP) is 4.11. The first-order valence-corrected chi connectivity index (χ1v) is 10.1. The largest absolute Gasteiger partial charge is 0.366 e. The number of aryl methyl sites for hydroxylation is 1. The van der Waals surface area contributed by atoms with Crippen LogP contribution in [0.4, 0.5) is 21.3 Å². The Morgan fingerprint density at radius 3 is 2.60 bits per heavy atom. The summed E-state index contributed by atoms with van der Waals surface area (Å²) < 4.78 is 0. The number of benzene rings is 2. The van der Waals surface area contributed by atoms with E-state index < -0.39 is 11.9 Å². The molecular formula is C20H18ClN5O3S. The highest BCUT2D eigenvalue weighted by molar-refractivity contribution is 7.13. The van der Waals surface area contributed by atoms with Crippen molar-refractivity contribution in [1.29, 1.82) is 0 Å². The Morgan fingerprint density at radius 1 is 1.03 bits per heavy atom. The van der Waals surface area contributed by atoms with Crippen LogP contribution in [-0.4, -0.2) is 22.8 Å². The van der Waals surface area contributed by atoms with Gasteiger partial charge in [0.1, 0.15) is 0 Å². The predicted molar refractivity (Wildman–Crippen MR) is 118 cm³/mol. The number of urea groups is 1. The standard InChI is InChI=1S/C20H18ClN5O3S/c21-12-4-3-5-13(10-12)23-19(29)26-20-24-14(11-30-20)8-9-17(27)25-16-7-2-1-6-15(16)18(22)28/h1-7,10-11H,8-9H2,(H2,22,28)(H,25,27)(H2,23,24,26,29). The summed E-state index contributed by atoms with van der Waals surface area (Å²) in [5.41, 5.74) is 7.15. The first kappa shape index (κ1) is 21.3. The van der Waals surface area contributed by atoms with E-state index in [1.807, 2.05) is 0 Å². The van der Waals surface area contributed by atoms with Crippen LogP contribution in [0.3, 0.4) is 0 Å². The Kier molecular flexibility index (Phi) is 6.99. The average Bonchev–Trinajstić information content (AvgIpc) is 3.14. The lowest BCUT2D eigenvalue weighted by Crippen LogP contribution is -2.19. The fraction of sp³-hybridized carbons (Fsp3) is 0.100. The number of aromatic nitrogens is 1. The molecule has 0 bridgehead atoms. The zero-order chi connectivity index (χ0) is 21.5. The molecule has 8 nitrogen and oxygen atoms in total. The van der Waals surface area contributed by atoms with E-state index in [9.17, 15) is 14.4 Å². The van der Waals surface area contributed by atoms with Crippen molar-refractivity contribution in [2.75, 3.05) is 16.0 Å². The Labute approximate surface area is 181 Å². The molecule has 0 radical (unpaired) electrons. The highest BCUT2D eigenvalue weighted by Gasteiger charge is 2.12. The number of nitrogens with two attached hydrogens (primary N) is 1. The number of halogens is 1. The van der Waals surface area contributed by atoms with Crippen LogP contribution in [0.25, 0.3) is 0 Å². The molecule has 2 aromatic carbocycles. The number of primary amides is 1. The molecule has 0 spiro atoms. The summed E-state index contributed by atoms with van der Waals surface area (Å²) in [6.07, 6.45) is 0.531. The molecule has 0 aliphatic rings. The molecule has 0 atom stereocenters. The monoisotopic (exact) mass is 443 g/mol. The number of nitrogens with zero attached hydrogens (tertiary/aromatic N) is 1. The molecule has 3 aromatic rings. The van der Waals surface area contributed by atoms with Crippen molar-refractivity contribution in [3.63, 3.8) is 0 Å². The van der Waals surface area contributed by atoms with Gasteiger partial charge in [-0.2, -0.15) is 0 Å². The number of carbonyl (C=O) groups is 3. The molecule has 0 aliphatic carbocycles. The van der Waals surface area contributed by atoms with E-state index in [1.165, 1.54) is 11.3 Å². The Bertz CT molecular complexity index is 1090. The van der Waals surface area contributed by atoms with Crippen molar-refractivity contribution in [3.8, 4) is 0 Å². The first-order valence-electron chi connectivity index (χ1n) is 8.87. The smallest absolute Gasteiger partial charge is 0.325 e. The summed E-state index contributed by atoms with van der Waals surface area (Å²) in [7, 11) is 0. The molecule has 10 heteroatoms. The highest BCUT2D eigenvalue weighted by Crippen LogP contribution is 2.19. The molecular weight excluding hydrogens is 426 g/mol. The normalized spacial score (nSPS) is 10.3. The number of carbonyl (C=O) groups excluding carboxylic acids is 3. The quantitative estimate of drug-likeness (QED) is 0.438.